The first-order valence-electron chi connectivity index (χ1n) is 7.90. The number of amides is 1. The first-order valence-corrected chi connectivity index (χ1v) is 7.90. The lowest BCUT2D eigenvalue weighted by Crippen LogP contribution is -2.22. The van der Waals surface area contributed by atoms with Crippen molar-refractivity contribution in [3.05, 3.63) is 47.0 Å². The van der Waals surface area contributed by atoms with Gasteiger partial charge in [0.05, 0.1) is 17.3 Å². The second-order valence-corrected chi connectivity index (χ2v) is 6.26. The van der Waals surface area contributed by atoms with Crippen LogP contribution < -0.4 is 16.2 Å². The Balaban J connectivity index is 1.88. The fraction of sp³-hybridized carbons (Fsp3) is 0.222. The molecule has 1 atom stereocenters. The van der Waals surface area contributed by atoms with E-state index in [1.54, 1.807) is 17.8 Å². The highest BCUT2D eigenvalue weighted by molar-refractivity contribution is 6.00. The Morgan fingerprint density at radius 3 is 2.83 bits per heavy atom. The van der Waals surface area contributed by atoms with Crippen molar-refractivity contribution in [2.45, 2.75) is 6.92 Å². The van der Waals surface area contributed by atoms with Gasteiger partial charge in [0.25, 0.3) is 5.56 Å². The van der Waals surface area contributed by atoms with Gasteiger partial charge < -0.3 is 20.2 Å². The van der Waals surface area contributed by atoms with E-state index in [9.17, 15) is 9.59 Å². The summed E-state index contributed by atoms with van der Waals surface area (Å²) in [5, 5.41) is 7.16. The molecule has 6 nitrogen and oxygen atoms in total. The molecular formula is C18H18N4O2. The van der Waals surface area contributed by atoms with E-state index < -0.39 is 0 Å². The number of aromatic amines is 1. The van der Waals surface area contributed by atoms with Gasteiger partial charge in [0.15, 0.2) is 0 Å². The van der Waals surface area contributed by atoms with Crippen molar-refractivity contribution in [1.82, 2.24) is 9.55 Å². The minimum atomic E-state index is -0.0882. The summed E-state index contributed by atoms with van der Waals surface area (Å²) in [5.74, 6) is -0.0705. The third-order valence-corrected chi connectivity index (χ3v) is 4.53. The number of H-pyrrole nitrogens is 1. The molecule has 0 saturated carbocycles. The maximum Gasteiger partial charge on any atom is 0.274 e. The van der Waals surface area contributed by atoms with E-state index in [4.69, 9.17) is 0 Å². The number of hydrogen-bond donors (Lipinski definition) is 3. The molecule has 1 aliphatic heterocycles. The average Bonchev–Trinajstić information content (AvgIpc) is 3.01. The van der Waals surface area contributed by atoms with Crippen LogP contribution in [0, 0.1) is 5.92 Å². The Morgan fingerprint density at radius 2 is 2.00 bits per heavy atom. The summed E-state index contributed by atoms with van der Waals surface area (Å²) < 4.78 is 1.58. The molecule has 0 spiro atoms. The number of nitrogens with one attached hydrogen (secondary N) is 3. The standard InChI is InChI=1S/C18H18N4O2/c1-10-8-20-15-7-11(3-4-14(15)21-17(10)23)13-9-22(2)18(24)16-12(13)5-6-19-16/h3-7,9-10,19-20H,8H2,1-2H3,(H,21,23). The number of rotatable bonds is 1. The molecule has 0 aliphatic carbocycles. The third kappa shape index (κ3) is 2.19. The summed E-state index contributed by atoms with van der Waals surface area (Å²) in [6.07, 6.45) is 3.62. The number of fused-ring (bicyclic) bond motifs is 2. The van der Waals surface area contributed by atoms with Crippen LogP contribution in [0.4, 0.5) is 11.4 Å². The van der Waals surface area contributed by atoms with Crippen LogP contribution >= 0.6 is 0 Å². The number of aromatic nitrogens is 2. The second-order valence-electron chi connectivity index (χ2n) is 6.26. The van der Waals surface area contributed by atoms with Gasteiger partial charge in [0.1, 0.15) is 5.52 Å². The van der Waals surface area contributed by atoms with Gasteiger partial charge in [-0.05, 0) is 23.8 Å². The van der Waals surface area contributed by atoms with Crippen LogP contribution in [0.5, 0.6) is 0 Å². The van der Waals surface area contributed by atoms with Crippen LogP contribution in [-0.2, 0) is 11.8 Å². The van der Waals surface area contributed by atoms with E-state index in [0.29, 0.717) is 12.1 Å². The third-order valence-electron chi connectivity index (χ3n) is 4.53. The normalized spacial score (nSPS) is 17.1. The molecule has 6 heteroatoms. The van der Waals surface area contributed by atoms with Crippen molar-refractivity contribution in [3.63, 3.8) is 0 Å². The zero-order chi connectivity index (χ0) is 16.8. The molecule has 3 aromatic rings. The Labute approximate surface area is 138 Å². The van der Waals surface area contributed by atoms with Gasteiger partial charge in [-0.3, -0.25) is 9.59 Å². The van der Waals surface area contributed by atoms with Gasteiger partial charge >= 0.3 is 0 Å². The van der Waals surface area contributed by atoms with Gasteiger partial charge in [0, 0.05) is 36.9 Å². The highest BCUT2D eigenvalue weighted by Gasteiger charge is 2.20. The van der Waals surface area contributed by atoms with Gasteiger partial charge in [-0.1, -0.05) is 13.0 Å². The lowest BCUT2D eigenvalue weighted by molar-refractivity contribution is -0.118. The molecule has 3 N–H and O–H groups in total. The molecule has 4 rings (SSSR count). The summed E-state index contributed by atoms with van der Waals surface area (Å²) >= 11 is 0. The Bertz CT molecular complexity index is 1020. The second kappa shape index (κ2) is 5.26. The zero-order valence-electron chi connectivity index (χ0n) is 13.5. The molecule has 122 valence electrons. The van der Waals surface area contributed by atoms with Gasteiger partial charge in [-0.2, -0.15) is 0 Å². The van der Waals surface area contributed by atoms with Crippen LogP contribution in [-0.4, -0.2) is 22.0 Å². The van der Waals surface area contributed by atoms with Crippen LogP contribution in [0.3, 0.4) is 0 Å². The molecular weight excluding hydrogens is 304 g/mol. The smallest absolute Gasteiger partial charge is 0.274 e. The van der Waals surface area contributed by atoms with Gasteiger partial charge in [-0.15, -0.1) is 0 Å². The summed E-state index contributed by atoms with van der Waals surface area (Å²) in [4.78, 5) is 27.2. The Morgan fingerprint density at radius 1 is 1.17 bits per heavy atom. The predicted molar refractivity (Wildman–Crippen MR) is 95.3 cm³/mol. The Kier molecular flexibility index (Phi) is 3.19. The lowest BCUT2D eigenvalue weighted by Gasteiger charge is -2.12. The first-order chi connectivity index (χ1) is 11.5. The molecule has 2 aromatic heterocycles. The highest BCUT2D eigenvalue weighted by Crippen LogP contribution is 2.33. The summed E-state index contributed by atoms with van der Waals surface area (Å²) in [7, 11) is 1.75. The predicted octanol–water partition coefficient (Wildman–Crippen LogP) is 2.53. The number of anilines is 2. The molecule has 0 bridgehead atoms. The number of hydrogen-bond acceptors (Lipinski definition) is 3. The zero-order valence-corrected chi connectivity index (χ0v) is 13.5. The molecule has 3 heterocycles. The van der Waals surface area contributed by atoms with Gasteiger partial charge in [0.2, 0.25) is 5.91 Å². The summed E-state index contributed by atoms with van der Waals surface area (Å²) in [6, 6.07) is 7.79. The molecule has 1 amide bonds. The van der Waals surface area contributed by atoms with E-state index >= 15 is 0 Å². The quantitative estimate of drug-likeness (QED) is 0.644. The summed E-state index contributed by atoms with van der Waals surface area (Å²) in [6.45, 7) is 2.49. The van der Waals surface area contributed by atoms with E-state index in [1.807, 2.05) is 37.4 Å². The minimum absolute atomic E-state index is 0.0177. The number of aryl methyl sites for hydroxylation is 1. The van der Waals surface area contributed by atoms with Crippen molar-refractivity contribution in [1.29, 1.82) is 0 Å². The fourth-order valence-corrected chi connectivity index (χ4v) is 3.08. The number of benzene rings is 1. The number of carbonyl (C=O) groups excluding carboxylic acids is 1. The van der Waals surface area contributed by atoms with Crippen LogP contribution in [0.15, 0.2) is 41.5 Å². The molecule has 0 saturated heterocycles. The van der Waals surface area contributed by atoms with E-state index in [1.165, 1.54) is 0 Å². The van der Waals surface area contributed by atoms with E-state index in [0.717, 1.165) is 27.9 Å². The van der Waals surface area contributed by atoms with Crippen molar-refractivity contribution >= 4 is 28.2 Å². The minimum Gasteiger partial charge on any atom is -0.383 e. The lowest BCUT2D eigenvalue weighted by atomic mass is 10.0. The fourth-order valence-electron chi connectivity index (χ4n) is 3.08. The largest absolute Gasteiger partial charge is 0.383 e. The topological polar surface area (TPSA) is 78.9 Å². The maximum absolute atomic E-state index is 12.2. The van der Waals surface area contributed by atoms with Crippen LogP contribution in [0.2, 0.25) is 0 Å². The number of carbonyl (C=O) groups is 1. The monoisotopic (exact) mass is 322 g/mol. The number of nitrogens with zero attached hydrogens (tertiary/aromatic N) is 1. The highest BCUT2D eigenvalue weighted by atomic mass is 16.2. The molecule has 0 radical (unpaired) electrons. The van der Waals surface area contributed by atoms with Crippen molar-refractivity contribution in [2.75, 3.05) is 17.2 Å². The molecule has 1 unspecified atom stereocenters. The van der Waals surface area contributed by atoms with Crippen molar-refractivity contribution in [2.24, 2.45) is 13.0 Å². The molecule has 0 fully saturated rings. The number of pyridine rings is 1. The Hall–Kier alpha value is -3.02. The average molecular weight is 322 g/mol. The molecule has 24 heavy (non-hydrogen) atoms. The van der Waals surface area contributed by atoms with E-state index in [-0.39, 0.29) is 17.4 Å². The molecule has 1 aliphatic rings. The van der Waals surface area contributed by atoms with Gasteiger partial charge in [-0.25, -0.2) is 0 Å². The molecule has 1 aromatic carbocycles. The maximum atomic E-state index is 12.2. The SMILES string of the molecule is CC1CNc2cc(-c3cn(C)c(=O)c4[nH]ccc34)ccc2NC1=O. The van der Waals surface area contributed by atoms with Crippen molar-refractivity contribution < 1.29 is 4.79 Å². The van der Waals surface area contributed by atoms with Crippen LogP contribution in [0.25, 0.3) is 22.0 Å². The van der Waals surface area contributed by atoms with Crippen molar-refractivity contribution in [3.8, 4) is 11.1 Å². The van der Waals surface area contributed by atoms with Crippen LogP contribution in [0.1, 0.15) is 6.92 Å². The first kappa shape index (κ1) is 14.6. The summed E-state index contributed by atoms with van der Waals surface area (Å²) in [5.41, 5.74) is 4.19. The van der Waals surface area contributed by atoms with E-state index in [2.05, 4.69) is 15.6 Å².